The molecule has 3 aromatic rings. The lowest BCUT2D eigenvalue weighted by Gasteiger charge is -2.09. The molecule has 0 unspecified atom stereocenters. The van der Waals surface area contributed by atoms with Crippen molar-refractivity contribution in [2.75, 3.05) is 17.7 Å². The molecular weight excluding hydrogens is 366 g/mol. The SMILES string of the molecule is COCc1ccc(CNC(=O)Nc2ccc(C(=O)Nc3ccccc3)cc2)cc1. The van der Waals surface area contributed by atoms with E-state index in [0.29, 0.717) is 24.4 Å². The summed E-state index contributed by atoms with van der Waals surface area (Å²) < 4.78 is 5.08. The summed E-state index contributed by atoms with van der Waals surface area (Å²) in [5, 5.41) is 8.39. The molecule has 0 atom stereocenters. The maximum absolute atomic E-state index is 12.3. The maximum Gasteiger partial charge on any atom is 0.319 e. The van der Waals surface area contributed by atoms with Crippen LogP contribution in [0.5, 0.6) is 0 Å². The van der Waals surface area contributed by atoms with Crippen LogP contribution in [-0.2, 0) is 17.9 Å². The number of anilines is 2. The predicted octanol–water partition coefficient (Wildman–Crippen LogP) is 4.41. The van der Waals surface area contributed by atoms with Crippen molar-refractivity contribution in [1.29, 1.82) is 0 Å². The highest BCUT2D eigenvalue weighted by Crippen LogP contribution is 2.13. The minimum atomic E-state index is -0.313. The molecule has 0 aliphatic heterocycles. The van der Waals surface area contributed by atoms with Crippen LogP contribution in [0.1, 0.15) is 21.5 Å². The predicted molar refractivity (Wildman–Crippen MR) is 114 cm³/mol. The van der Waals surface area contributed by atoms with Crippen molar-refractivity contribution >= 4 is 23.3 Å². The first kappa shape index (κ1) is 20.1. The first-order valence-electron chi connectivity index (χ1n) is 9.22. The fourth-order valence-corrected chi connectivity index (χ4v) is 2.71. The van der Waals surface area contributed by atoms with Crippen molar-refractivity contribution in [1.82, 2.24) is 5.32 Å². The number of benzene rings is 3. The maximum atomic E-state index is 12.3. The summed E-state index contributed by atoms with van der Waals surface area (Å²) in [4.78, 5) is 24.3. The van der Waals surface area contributed by atoms with E-state index in [1.165, 1.54) is 0 Å². The van der Waals surface area contributed by atoms with E-state index in [0.717, 1.165) is 16.8 Å². The number of ether oxygens (including phenoxy) is 1. The van der Waals surface area contributed by atoms with Gasteiger partial charge in [-0.1, -0.05) is 42.5 Å². The van der Waals surface area contributed by atoms with E-state index in [4.69, 9.17) is 4.74 Å². The van der Waals surface area contributed by atoms with Gasteiger partial charge in [-0.05, 0) is 47.5 Å². The highest BCUT2D eigenvalue weighted by atomic mass is 16.5. The van der Waals surface area contributed by atoms with Crippen LogP contribution in [0.3, 0.4) is 0 Å². The molecule has 0 radical (unpaired) electrons. The lowest BCUT2D eigenvalue weighted by Crippen LogP contribution is -2.28. The number of carbonyl (C=O) groups excluding carboxylic acids is 2. The summed E-state index contributed by atoms with van der Waals surface area (Å²) in [6.45, 7) is 0.976. The Morgan fingerprint density at radius 2 is 1.38 bits per heavy atom. The monoisotopic (exact) mass is 389 g/mol. The molecule has 0 bridgehead atoms. The van der Waals surface area contributed by atoms with Gasteiger partial charge in [0.25, 0.3) is 5.91 Å². The molecule has 0 heterocycles. The third kappa shape index (κ3) is 6.19. The smallest absolute Gasteiger partial charge is 0.319 e. The summed E-state index contributed by atoms with van der Waals surface area (Å²) in [5.74, 6) is -0.205. The van der Waals surface area contributed by atoms with Gasteiger partial charge >= 0.3 is 6.03 Å². The van der Waals surface area contributed by atoms with E-state index >= 15 is 0 Å². The van der Waals surface area contributed by atoms with E-state index in [1.807, 2.05) is 54.6 Å². The highest BCUT2D eigenvalue weighted by molar-refractivity contribution is 6.04. The Morgan fingerprint density at radius 3 is 2.03 bits per heavy atom. The van der Waals surface area contributed by atoms with Gasteiger partial charge in [0.05, 0.1) is 6.61 Å². The van der Waals surface area contributed by atoms with Crippen molar-refractivity contribution in [2.24, 2.45) is 0 Å². The van der Waals surface area contributed by atoms with Gasteiger partial charge in [0, 0.05) is 30.6 Å². The standard InChI is InChI=1S/C23H23N3O3/c1-29-16-18-9-7-17(8-10-18)15-24-23(28)26-21-13-11-19(12-14-21)22(27)25-20-5-3-2-4-6-20/h2-14H,15-16H2,1H3,(H,25,27)(H2,24,26,28). The van der Waals surface area contributed by atoms with Crippen molar-refractivity contribution in [3.05, 3.63) is 95.6 Å². The van der Waals surface area contributed by atoms with Gasteiger partial charge in [-0.3, -0.25) is 4.79 Å². The Hall–Kier alpha value is -3.64. The van der Waals surface area contributed by atoms with Crippen molar-refractivity contribution in [2.45, 2.75) is 13.2 Å². The summed E-state index contributed by atoms with van der Waals surface area (Å²) in [6, 6.07) is 23.5. The summed E-state index contributed by atoms with van der Waals surface area (Å²) in [7, 11) is 1.65. The molecule has 3 rings (SSSR count). The van der Waals surface area contributed by atoms with Crippen LogP contribution < -0.4 is 16.0 Å². The summed E-state index contributed by atoms with van der Waals surface area (Å²) in [6.07, 6.45) is 0. The van der Waals surface area contributed by atoms with Gasteiger partial charge < -0.3 is 20.7 Å². The number of nitrogens with one attached hydrogen (secondary N) is 3. The molecule has 148 valence electrons. The Morgan fingerprint density at radius 1 is 0.759 bits per heavy atom. The topological polar surface area (TPSA) is 79.5 Å². The van der Waals surface area contributed by atoms with Crippen LogP contribution in [0.4, 0.5) is 16.2 Å². The molecule has 0 aliphatic carbocycles. The molecule has 0 aromatic heterocycles. The molecule has 29 heavy (non-hydrogen) atoms. The van der Waals surface area contributed by atoms with E-state index in [-0.39, 0.29) is 11.9 Å². The Kier molecular flexibility index (Phi) is 6.97. The zero-order valence-corrected chi connectivity index (χ0v) is 16.1. The minimum absolute atomic E-state index is 0.205. The third-order valence-electron chi connectivity index (χ3n) is 4.22. The highest BCUT2D eigenvalue weighted by Gasteiger charge is 2.07. The van der Waals surface area contributed by atoms with Gasteiger partial charge in [-0.25, -0.2) is 4.79 Å². The molecule has 3 amide bonds. The van der Waals surface area contributed by atoms with Crippen LogP contribution in [-0.4, -0.2) is 19.0 Å². The summed E-state index contributed by atoms with van der Waals surface area (Å²) in [5.41, 5.74) is 3.92. The second kappa shape index (κ2) is 10.1. The van der Waals surface area contributed by atoms with Crippen molar-refractivity contribution < 1.29 is 14.3 Å². The lowest BCUT2D eigenvalue weighted by molar-refractivity contribution is 0.102. The molecule has 0 fully saturated rings. The molecule has 0 saturated carbocycles. The number of carbonyl (C=O) groups is 2. The second-order valence-electron chi connectivity index (χ2n) is 6.45. The van der Waals surface area contributed by atoms with E-state index in [2.05, 4.69) is 16.0 Å². The van der Waals surface area contributed by atoms with E-state index < -0.39 is 0 Å². The number of hydrogen-bond donors (Lipinski definition) is 3. The number of methoxy groups -OCH3 is 1. The fourth-order valence-electron chi connectivity index (χ4n) is 2.71. The lowest BCUT2D eigenvalue weighted by atomic mass is 10.1. The number of rotatable bonds is 7. The van der Waals surface area contributed by atoms with Crippen LogP contribution in [0, 0.1) is 0 Å². The van der Waals surface area contributed by atoms with Crippen LogP contribution >= 0.6 is 0 Å². The number of para-hydroxylation sites is 1. The van der Waals surface area contributed by atoms with E-state index in [9.17, 15) is 9.59 Å². The zero-order valence-electron chi connectivity index (χ0n) is 16.1. The van der Waals surface area contributed by atoms with E-state index in [1.54, 1.807) is 31.4 Å². The first-order chi connectivity index (χ1) is 14.1. The normalized spacial score (nSPS) is 10.2. The van der Waals surface area contributed by atoms with Crippen LogP contribution in [0.2, 0.25) is 0 Å². The van der Waals surface area contributed by atoms with Gasteiger partial charge in [-0.2, -0.15) is 0 Å². The zero-order chi connectivity index (χ0) is 20.5. The molecule has 6 heteroatoms. The largest absolute Gasteiger partial charge is 0.380 e. The second-order valence-corrected chi connectivity index (χ2v) is 6.45. The Labute approximate surface area is 169 Å². The van der Waals surface area contributed by atoms with Crippen LogP contribution in [0.25, 0.3) is 0 Å². The molecule has 0 aliphatic rings. The van der Waals surface area contributed by atoms with Gasteiger partial charge in [0.2, 0.25) is 0 Å². The molecule has 0 spiro atoms. The molecule has 6 nitrogen and oxygen atoms in total. The van der Waals surface area contributed by atoms with Crippen LogP contribution in [0.15, 0.2) is 78.9 Å². The molecule has 3 N–H and O–H groups in total. The van der Waals surface area contributed by atoms with Gasteiger partial charge in [-0.15, -0.1) is 0 Å². The minimum Gasteiger partial charge on any atom is -0.380 e. The molecule has 3 aromatic carbocycles. The van der Waals surface area contributed by atoms with Crippen molar-refractivity contribution in [3.63, 3.8) is 0 Å². The number of amides is 3. The van der Waals surface area contributed by atoms with Gasteiger partial charge in [0.1, 0.15) is 0 Å². The average Bonchev–Trinajstić information content (AvgIpc) is 2.75. The number of urea groups is 1. The average molecular weight is 389 g/mol. The summed E-state index contributed by atoms with van der Waals surface area (Å²) >= 11 is 0. The quantitative estimate of drug-likeness (QED) is 0.560. The number of hydrogen-bond acceptors (Lipinski definition) is 3. The fraction of sp³-hybridized carbons (Fsp3) is 0.130. The Bertz CT molecular complexity index is 939. The van der Waals surface area contributed by atoms with Gasteiger partial charge in [0.15, 0.2) is 0 Å². The third-order valence-corrected chi connectivity index (χ3v) is 4.22. The molecular formula is C23H23N3O3. The van der Waals surface area contributed by atoms with Crippen molar-refractivity contribution in [3.8, 4) is 0 Å². The Balaban J connectivity index is 1.48. The first-order valence-corrected chi connectivity index (χ1v) is 9.22. The molecule has 0 saturated heterocycles.